The van der Waals surface area contributed by atoms with Crippen LogP contribution in [0.15, 0.2) is 27.6 Å². The van der Waals surface area contributed by atoms with Gasteiger partial charge in [0.2, 0.25) is 10.0 Å². The van der Waals surface area contributed by atoms with Gasteiger partial charge in [0.1, 0.15) is 0 Å². The first-order valence-electron chi connectivity index (χ1n) is 5.74. The Balaban J connectivity index is 2.58. The smallest absolute Gasteiger partial charge is 0.316 e. The number of hydrogen-bond acceptors (Lipinski definition) is 4. The molecule has 0 heterocycles. The van der Waals surface area contributed by atoms with Gasteiger partial charge in [-0.2, -0.15) is 0 Å². The highest BCUT2D eigenvalue weighted by molar-refractivity contribution is 9.10. The van der Waals surface area contributed by atoms with Crippen LogP contribution in [0.25, 0.3) is 0 Å². The maximum atomic E-state index is 12.0. The molecule has 7 nitrogen and oxygen atoms in total. The fraction of sp³-hybridized carbons (Fsp3) is 0.364. The predicted octanol–water partition coefficient (Wildman–Crippen LogP) is 0.581. The zero-order valence-electron chi connectivity index (χ0n) is 11.2. The third kappa shape index (κ3) is 4.66. The molecule has 1 aromatic rings. The minimum absolute atomic E-state index is 0.101. The summed E-state index contributed by atoms with van der Waals surface area (Å²) in [6, 6.07) is 4.07. The van der Waals surface area contributed by atoms with Crippen molar-refractivity contribution in [2.24, 2.45) is 0 Å². The molecule has 9 heteroatoms. The monoisotopic (exact) mass is 364 g/mol. The Kier molecular flexibility index (Phi) is 5.78. The van der Waals surface area contributed by atoms with E-state index >= 15 is 0 Å². The van der Waals surface area contributed by atoms with Gasteiger partial charge >= 0.3 is 6.03 Å². The molecule has 0 aliphatic carbocycles. The van der Waals surface area contributed by atoms with Gasteiger partial charge in [-0.1, -0.05) is 0 Å². The zero-order chi connectivity index (χ0) is 15.3. The molecule has 0 aliphatic rings. The molecular weight excluding hydrogens is 348 g/mol. The van der Waals surface area contributed by atoms with Gasteiger partial charge in [0, 0.05) is 37.3 Å². The SMILES string of the molecule is CN(C)C(=O)NCCNS(=O)(=O)c1ccc(N)c(Br)c1. The van der Waals surface area contributed by atoms with Crippen LogP contribution in [-0.2, 0) is 10.0 Å². The molecule has 1 aromatic carbocycles. The predicted molar refractivity (Wildman–Crippen MR) is 80.8 cm³/mol. The van der Waals surface area contributed by atoms with E-state index in [1.165, 1.54) is 23.1 Å². The zero-order valence-corrected chi connectivity index (χ0v) is 13.6. The molecule has 0 saturated carbocycles. The second-order valence-corrected chi connectivity index (χ2v) is 6.83. The Morgan fingerprint density at radius 3 is 2.55 bits per heavy atom. The number of anilines is 1. The number of carbonyl (C=O) groups excluding carboxylic acids is 1. The number of hydrogen-bond donors (Lipinski definition) is 3. The number of nitrogens with two attached hydrogens (primary N) is 1. The summed E-state index contributed by atoms with van der Waals surface area (Å²) >= 11 is 3.18. The number of nitrogens with one attached hydrogen (secondary N) is 2. The van der Waals surface area contributed by atoms with Gasteiger partial charge in [-0.25, -0.2) is 17.9 Å². The number of amides is 2. The summed E-state index contributed by atoms with van der Waals surface area (Å²) in [4.78, 5) is 12.7. The molecule has 0 saturated heterocycles. The molecular formula is C11H17BrN4O3S. The summed E-state index contributed by atoms with van der Waals surface area (Å²) in [6.45, 7) is 0.302. The van der Waals surface area contributed by atoms with Crippen molar-refractivity contribution in [3.63, 3.8) is 0 Å². The van der Waals surface area contributed by atoms with Gasteiger partial charge in [-0.05, 0) is 34.1 Å². The topological polar surface area (TPSA) is 105 Å². The molecule has 0 bridgehead atoms. The second kappa shape index (κ2) is 6.91. The van der Waals surface area contributed by atoms with E-state index in [9.17, 15) is 13.2 Å². The number of sulfonamides is 1. The highest BCUT2D eigenvalue weighted by Crippen LogP contribution is 2.22. The van der Waals surface area contributed by atoms with E-state index in [2.05, 4.69) is 26.0 Å². The minimum Gasteiger partial charge on any atom is -0.398 e. The lowest BCUT2D eigenvalue weighted by atomic mass is 10.3. The number of benzene rings is 1. The highest BCUT2D eigenvalue weighted by Gasteiger charge is 2.14. The molecule has 0 fully saturated rings. The molecule has 0 spiro atoms. The third-order valence-corrected chi connectivity index (χ3v) is 4.53. The van der Waals surface area contributed by atoms with E-state index in [0.29, 0.717) is 10.2 Å². The summed E-state index contributed by atoms with van der Waals surface area (Å²) in [6.07, 6.45) is 0. The maximum absolute atomic E-state index is 12.0. The highest BCUT2D eigenvalue weighted by atomic mass is 79.9. The lowest BCUT2D eigenvalue weighted by Gasteiger charge is -2.12. The van der Waals surface area contributed by atoms with E-state index in [0.717, 1.165) is 0 Å². The van der Waals surface area contributed by atoms with Crippen LogP contribution in [0.4, 0.5) is 10.5 Å². The van der Waals surface area contributed by atoms with E-state index in [4.69, 9.17) is 5.73 Å². The largest absolute Gasteiger partial charge is 0.398 e. The van der Waals surface area contributed by atoms with Crippen LogP contribution in [0.2, 0.25) is 0 Å². The lowest BCUT2D eigenvalue weighted by molar-refractivity contribution is 0.217. The molecule has 20 heavy (non-hydrogen) atoms. The van der Waals surface area contributed by atoms with Crippen molar-refractivity contribution in [1.82, 2.24) is 14.9 Å². The lowest BCUT2D eigenvalue weighted by Crippen LogP contribution is -2.39. The number of urea groups is 1. The minimum atomic E-state index is -3.62. The van der Waals surface area contributed by atoms with Gasteiger partial charge < -0.3 is 16.0 Å². The number of rotatable bonds is 5. The molecule has 0 atom stereocenters. The molecule has 2 amide bonds. The molecule has 0 unspecified atom stereocenters. The Bertz CT molecular complexity index is 589. The summed E-state index contributed by atoms with van der Waals surface area (Å²) in [5.74, 6) is 0. The van der Waals surface area contributed by atoms with Crippen molar-refractivity contribution < 1.29 is 13.2 Å². The molecule has 0 aromatic heterocycles. The number of halogens is 1. The summed E-state index contributed by atoms with van der Waals surface area (Å²) in [7, 11) is -0.413. The fourth-order valence-corrected chi connectivity index (χ4v) is 2.86. The first kappa shape index (κ1) is 16.7. The normalized spacial score (nSPS) is 11.2. The van der Waals surface area contributed by atoms with E-state index in [1.54, 1.807) is 14.1 Å². The van der Waals surface area contributed by atoms with Crippen LogP contribution in [0.5, 0.6) is 0 Å². The average molecular weight is 365 g/mol. The maximum Gasteiger partial charge on any atom is 0.316 e. The van der Waals surface area contributed by atoms with Gasteiger partial charge in [0.15, 0.2) is 0 Å². The molecule has 1 rings (SSSR count). The van der Waals surface area contributed by atoms with Crippen LogP contribution in [0.1, 0.15) is 0 Å². The van der Waals surface area contributed by atoms with Crippen molar-refractivity contribution >= 4 is 37.7 Å². The van der Waals surface area contributed by atoms with Crippen molar-refractivity contribution in [3.8, 4) is 0 Å². The molecule has 112 valence electrons. The number of nitrogen functional groups attached to an aromatic ring is 1. The van der Waals surface area contributed by atoms with Crippen LogP contribution in [-0.4, -0.2) is 46.5 Å². The van der Waals surface area contributed by atoms with Crippen LogP contribution < -0.4 is 15.8 Å². The summed E-state index contributed by atoms with van der Waals surface area (Å²) in [5, 5.41) is 2.56. The quantitative estimate of drug-likeness (QED) is 0.524. The van der Waals surface area contributed by atoms with E-state index < -0.39 is 10.0 Å². The standard InChI is InChI=1S/C11H17BrN4O3S/c1-16(2)11(17)14-5-6-15-20(18,19)8-3-4-10(13)9(12)7-8/h3-4,7,15H,5-6,13H2,1-2H3,(H,14,17). The molecule has 4 N–H and O–H groups in total. The van der Waals surface area contributed by atoms with Crippen molar-refractivity contribution in [1.29, 1.82) is 0 Å². The van der Waals surface area contributed by atoms with Crippen LogP contribution in [0.3, 0.4) is 0 Å². The Hall–Kier alpha value is -1.32. The van der Waals surface area contributed by atoms with Crippen LogP contribution >= 0.6 is 15.9 Å². The van der Waals surface area contributed by atoms with Crippen LogP contribution in [0, 0.1) is 0 Å². The number of nitrogens with zero attached hydrogens (tertiary/aromatic N) is 1. The molecule has 0 radical (unpaired) electrons. The first-order valence-corrected chi connectivity index (χ1v) is 8.01. The van der Waals surface area contributed by atoms with Crippen molar-refractivity contribution in [2.75, 3.05) is 32.9 Å². The van der Waals surface area contributed by atoms with E-state index in [1.807, 2.05) is 0 Å². The van der Waals surface area contributed by atoms with Gasteiger partial charge in [0.05, 0.1) is 4.90 Å². The average Bonchev–Trinajstić information content (AvgIpc) is 2.37. The van der Waals surface area contributed by atoms with Crippen molar-refractivity contribution in [2.45, 2.75) is 4.90 Å². The van der Waals surface area contributed by atoms with E-state index in [-0.39, 0.29) is 24.0 Å². The molecule has 0 aliphatic heterocycles. The van der Waals surface area contributed by atoms with Gasteiger partial charge in [-0.15, -0.1) is 0 Å². The summed E-state index contributed by atoms with van der Waals surface area (Å²) in [5.41, 5.74) is 6.06. The fourth-order valence-electron chi connectivity index (χ4n) is 1.27. The Labute approximate surface area is 126 Å². The Morgan fingerprint density at radius 1 is 1.35 bits per heavy atom. The summed E-state index contributed by atoms with van der Waals surface area (Å²) < 4.78 is 26.9. The van der Waals surface area contributed by atoms with Gasteiger partial charge in [-0.3, -0.25) is 0 Å². The second-order valence-electron chi connectivity index (χ2n) is 4.21. The Morgan fingerprint density at radius 2 is 2.00 bits per heavy atom. The first-order chi connectivity index (χ1) is 9.24. The third-order valence-electron chi connectivity index (χ3n) is 2.38. The van der Waals surface area contributed by atoms with Gasteiger partial charge in [0.25, 0.3) is 0 Å². The van der Waals surface area contributed by atoms with Crippen molar-refractivity contribution in [3.05, 3.63) is 22.7 Å². The number of carbonyl (C=O) groups is 1.